The molecule has 2 nitrogen and oxygen atoms in total. The molecule has 1 fully saturated rings. The van der Waals surface area contributed by atoms with Crippen LogP contribution >= 0.6 is 11.6 Å². The second kappa shape index (κ2) is 5.07. The van der Waals surface area contributed by atoms with Crippen LogP contribution in [0.3, 0.4) is 0 Å². The third-order valence-electron chi connectivity index (χ3n) is 3.34. The summed E-state index contributed by atoms with van der Waals surface area (Å²) in [6.45, 7) is 6.68. The Morgan fingerprint density at radius 1 is 1.19 bits per heavy atom. The lowest BCUT2D eigenvalue weighted by molar-refractivity contribution is 0.313. The van der Waals surface area contributed by atoms with E-state index in [1.165, 1.54) is 16.8 Å². The first-order valence-electron chi connectivity index (χ1n) is 5.79. The minimum absolute atomic E-state index is 0.606. The minimum atomic E-state index is 0.606. The fourth-order valence-electron chi connectivity index (χ4n) is 2.09. The van der Waals surface area contributed by atoms with Crippen LogP contribution in [0.25, 0.3) is 0 Å². The van der Waals surface area contributed by atoms with Gasteiger partial charge in [0.25, 0.3) is 0 Å². The zero-order chi connectivity index (χ0) is 11.5. The van der Waals surface area contributed by atoms with Crippen LogP contribution in [-0.4, -0.2) is 38.1 Å². The van der Waals surface area contributed by atoms with Crippen LogP contribution in [0.1, 0.15) is 11.1 Å². The van der Waals surface area contributed by atoms with E-state index in [9.17, 15) is 0 Å². The van der Waals surface area contributed by atoms with E-state index in [0.717, 1.165) is 26.2 Å². The van der Waals surface area contributed by atoms with Crippen molar-refractivity contribution in [1.29, 1.82) is 0 Å². The number of hydrogen-bond acceptors (Lipinski definition) is 2. The van der Waals surface area contributed by atoms with Crippen LogP contribution in [-0.2, 0) is 5.88 Å². The highest BCUT2D eigenvalue weighted by atomic mass is 35.5. The van der Waals surface area contributed by atoms with Gasteiger partial charge in [-0.2, -0.15) is 0 Å². The fourth-order valence-corrected chi connectivity index (χ4v) is 2.39. The molecule has 0 radical (unpaired) electrons. The third-order valence-corrected chi connectivity index (χ3v) is 3.63. The third kappa shape index (κ3) is 2.50. The molecule has 3 heteroatoms. The van der Waals surface area contributed by atoms with E-state index in [1.807, 2.05) is 0 Å². The largest absolute Gasteiger partial charge is 0.369 e. The smallest absolute Gasteiger partial charge is 0.0476 e. The summed E-state index contributed by atoms with van der Waals surface area (Å²) in [6, 6.07) is 6.59. The van der Waals surface area contributed by atoms with Crippen LogP contribution in [0.2, 0.25) is 0 Å². The number of benzene rings is 1. The zero-order valence-electron chi connectivity index (χ0n) is 10.0. The molecule has 0 spiro atoms. The summed E-state index contributed by atoms with van der Waals surface area (Å²) in [6.07, 6.45) is 0. The zero-order valence-corrected chi connectivity index (χ0v) is 10.8. The summed E-state index contributed by atoms with van der Waals surface area (Å²) in [5.41, 5.74) is 3.87. The Balaban J connectivity index is 2.12. The van der Waals surface area contributed by atoms with Gasteiger partial charge in [-0.1, -0.05) is 6.07 Å². The molecule has 0 bridgehead atoms. The Kier molecular flexibility index (Phi) is 3.72. The minimum Gasteiger partial charge on any atom is -0.369 e. The molecular weight excluding hydrogens is 220 g/mol. The average molecular weight is 239 g/mol. The molecule has 1 saturated heterocycles. The molecule has 0 aliphatic carbocycles. The number of rotatable bonds is 2. The van der Waals surface area contributed by atoms with Crippen LogP contribution in [0, 0.1) is 6.92 Å². The predicted molar refractivity (Wildman–Crippen MR) is 70.4 cm³/mol. The molecule has 2 rings (SSSR count). The molecule has 1 aliphatic heterocycles. The lowest BCUT2D eigenvalue weighted by Gasteiger charge is -2.34. The topological polar surface area (TPSA) is 6.48 Å². The molecule has 0 unspecified atom stereocenters. The van der Waals surface area contributed by atoms with Crippen molar-refractivity contribution < 1.29 is 0 Å². The number of nitrogens with zero attached hydrogens (tertiary/aromatic N) is 2. The second-order valence-corrected chi connectivity index (χ2v) is 4.80. The Labute approximate surface area is 103 Å². The van der Waals surface area contributed by atoms with Gasteiger partial charge in [-0.05, 0) is 37.2 Å². The number of hydrogen-bond donors (Lipinski definition) is 0. The van der Waals surface area contributed by atoms with Gasteiger partial charge in [0.15, 0.2) is 0 Å². The van der Waals surface area contributed by atoms with Gasteiger partial charge in [-0.3, -0.25) is 0 Å². The first-order valence-corrected chi connectivity index (χ1v) is 6.33. The lowest BCUT2D eigenvalue weighted by Crippen LogP contribution is -2.44. The number of halogens is 1. The van der Waals surface area contributed by atoms with E-state index in [1.54, 1.807) is 0 Å². The monoisotopic (exact) mass is 238 g/mol. The molecule has 1 aliphatic rings. The summed E-state index contributed by atoms with van der Waals surface area (Å²) in [4.78, 5) is 4.82. The molecular formula is C13H19ClN2. The van der Waals surface area contributed by atoms with Crippen molar-refractivity contribution in [3.05, 3.63) is 29.3 Å². The highest BCUT2D eigenvalue weighted by Crippen LogP contribution is 2.21. The summed E-state index contributed by atoms with van der Waals surface area (Å²) in [5.74, 6) is 0.606. The summed E-state index contributed by atoms with van der Waals surface area (Å²) in [7, 11) is 2.18. The van der Waals surface area contributed by atoms with E-state index in [4.69, 9.17) is 11.6 Å². The van der Waals surface area contributed by atoms with Gasteiger partial charge in [0.2, 0.25) is 0 Å². The first kappa shape index (κ1) is 11.7. The van der Waals surface area contributed by atoms with Crippen LogP contribution in [0.15, 0.2) is 18.2 Å². The van der Waals surface area contributed by atoms with Gasteiger partial charge in [-0.25, -0.2) is 0 Å². The molecule has 88 valence electrons. The van der Waals surface area contributed by atoms with Crippen molar-refractivity contribution in [3.63, 3.8) is 0 Å². The van der Waals surface area contributed by atoms with E-state index in [2.05, 4.69) is 42.0 Å². The van der Waals surface area contributed by atoms with E-state index >= 15 is 0 Å². The molecule has 1 aromatic carbocycles. The maximum absolute atomic E-state index is 5.87. The van der Waals surface area contributed by atoms with E-state index in [0.29, 0.717) is 5.88 Å². The van der Waals surface area contributed by atoms with Crippen molar-refractivity contribution in [2.45, 2.75) is 12.8 Å². The molecule has 1 heterocycles. The quantitative estimate of drug-likeness (QED) is 0.731. The molecule has 0 amide bonds. The Bertz CT molecular complexity index is 357. The molecule has 0 atom stereocenters. The maximum Gasteiger partial charge on any atom is 0.0476 e. The Morgan fingerprint density at radius 3 is 2.44 bits per heavy atom. The molecule has 0 aromatic heterocycles. The van der Waals surface area contributed by atoms with Crippen molar-refractivity contribution in [2.24, 2.45) is 0 Å². The van der Waals surface area contributed by atoms with Gasteiger partial charge in [0.1, 0.15) is 0 Å². The van der Waals surface area contributed by atoms with Crippen molar-refractivity contribution in [3.8, 4) is 0 Å². The highest BCUT2D eigenvalue weighted by Gasteiger charge is 2.14. The SMILES string of the molecule is Cc1cc(N2CCN(C)CC2)ccc1CCl. The second-order valence-electron chi connectivity index (χ2n) is 4.53. The highest BCUT2D eigenvalue weighted by molar-refractivity contribution is 6.17. The normalized spacial score (nSPS) is 17.8. The molecule has 16 heavy (non-hydrogen) atoms. The predicted octanol–water partition coefficient (Wildman–Crippen LogP) is 2.49. The van der Waals surface area contributed by atoms with Gasteiger partial charge in [0.05, 0.1) is 0 Å². The van der Waals surface area contributed by atoms with Crippen LogP contribution < -0.4 is 4.90 Å². The number of alkyl halides is 1. The summed E-state index contributed by atoms with van der Waals surface area (Å²) in [5, 5.41) is 0. The average Bonchev–Trinajstić information content (AvgIpc) is 2.30. The molecule has 1 aromatic rings. The summed E-state index contributed by atoms with van der Waals surface area (Å²) < 4.78 is 0. The number of piperazine rings is 1. The van der Waals surface area contributed by atoms with Gasteiger partial charge >= 0.3 is 0 Å². The molecule has 0 N–H and O–H groups in total. The Morgan fingerprint density at radius 2 is 1.88 bits per heavy atom. The van der Waals surface area contributed by atoms with Crippen molar-refractivity contribution >= 4 is 17.3 Å². The van der Waals surface area contributed by atoms with E-state index in [-0.39, 0.29) is 0 Å². The van der Waals surface area contributed by atoms with Crippen molar-refractivity contribution in [2.75, 3.05) is 38.1 Å². The number of aryl methyl sites for hydroxylation is 1. The van der Waals surface area contributed by atoms with Gasteiger partial charge in [0, 0.05) is 37.7 Å². The maximum atomic E-state index is 5.87. The van der Waals surface area contributed by atoms with Gasteiger partial charge < -0.3 is 9.80 Å². The van der Waals surface area contributed by atoms with Crippen molar-refractivity contribution in [1.82, 2.24) is 4.90 Å². The van der Waals surface area contributed by atoms with E-state index < -0.39 is 0 Å². The summed E-state index contributed by atoms with van der Waals surface area (Å²) >= 11 is 5.87. The van der Waals surface area contributed by atoms with Crippen LogP contribution in [0.5, 0.6) is 0 Å². The Hall–Kier alpha value is -0.730. The fraction of sp³-hybridized carbons (Fsp3) is 0.538. The van der Waals surface area contributed by atoms with Crippen LogP contribution in [0.4, 0.5) is 5.69 Å². The first-order chi connectivity index (χ1) is 7.70. The number of anilines is 1. The molecule has 0 saturated carbocycles. The number of likely N-dealkylation sites (N-methyl/N-ethyl adjacent to an activating group) is 1. The standard InChI is InChI=1S/C13H19ClN2/c1-11-9-13(4-3-12(11)10-14)16-7-5-15(2)6-8-16/h3-4,9H,5-8,10H2,1-2H3. The lowest BCUT2D eigenvalue weighted by atomic mass is 10.1. The van der Waals surface area contributed by atoms with Gasteiger partial charge in [-0.15, -0.1) is 11.6 Å².